The maximum absolute atomic E-state index is 7.15. The smallest absolute Gasteiger partial charge is 0.337 e. The molecule has 7 aromatic carbocycles. The Kier molecular flexibility index (Phi) is 4.09. The highest BCUT2D eigenvalue weighted by atomic mass is 16.3. The SMILES string of the molecule is c1cc2c3c(c1)-n1c4cccc5cccc(c6cccc7oc(c1c76)B3c1oc3cccc6c3c1C2Cc1cccc2cccc-6c12)c54. The lowest BCUT2D eigenvalue weighted by Gasteiger charge is -2.35. The summed E-state index contributed by atoms with van der Waals surface area (Å²) >= 11 is 0. The van der Waals surface area contributed by atoms with Crippen molar-refractivity contribution >= 4 is 88.8 Å². The van der Waals surface area contributed by atoms with Crippen molar-refractivity contribution in [1.29, 1.82) is 0 Å². The van der Waals surface area contributed by atoms with Gasteiger partial charge < -0.3 is 13.4 Å². The summed E-state index contributed by atoms with van der Waals surface area (Å²) in [5, 5.41) is 10.1. The lowest BCUT2D eigenvalue weighted by molar-refractivity contribution is 0.631. The second kappa shape index (κ2) is 8.10. The van der Waals surface area contributed by atoms with Gasteiger partial charge in [-0.15, -0.1) is 0 Å². The molecule has 13 rings (SSSR count). The maximum atomic E-state index is 7.15. The van der Waals surface area contributed by atoms with E-state index >= 15 is 0 Å². The third-order valence-corrected chi connectivity index (χ3v) is 11.7. The van der Waals surface area contributed by atoms with Crippen LogP contribution in [0.2, 0.25) is 0 Å². The van der Waals surface area contributed by atoms with E-state index in [2.05, 4.69) is 132 Å². The highest BCUT2D eigenvalue weighted by Crippen LogP contribution is 2.48. The van der Waals surface area contributed by atoms with Crippen LogP contribution in [0.4, 0.5) is 0 Å². The first kappa shape index (κ1) is 24.2. The first-order valence-electron chi connectivity index (χ1n) is 16.9. The van der Waals surface area contributed by atoms with Gasteiger partial charge in [0, 0.05) is 27.9 Å². The van der Waals surface area contributed by atoms with E-state index in [1.165, 1.54) is 87.6 Å². The third-order valence-electron chi connectivity index (χ3n) is 11.7. The van der Waals surface area contributed by atoms with Crippen LogP contribution in [0.1, 0.15) is 22.6 Å². The van der Waals surface area contributed by atoms with Gasteiger partial charge >= 0.3 is 6.71 Å². The van der Waals surface area contributed by atoms with Gasteiger partial charge in [-0.1, -0.05) is 103 Å². The number of aromatic nitrogens is 1. The Hall–Kier alpha value is -6.00. The van der Waals surface area contributed by atoms with Gasteiger partial charge in [-0.05, 0) is 85.3 Å². The molecule has 48 heavy (non-hydrogen) atoms. The molecule has 0 radical (unpaired) electrons. The Balaban J connectivity index is 1.27. The summed E-state index contributed by atoms with van der Waals surface area (Å²) in [6, 6.07) is 47.1. The Bertz CT molecular complexity index is 3110. The number of nitrogens with zero attached hydrogens (tertiary/aromatic N) is 1. The summed E-state index contributed by atoms with van der Waals surface area (Å²) in [4.78, 5) is 0. The molecule has 3 nitrogen and oxygen atoms in total. The van der Waals surface area contributed by atoms with Crippen LogP contribution in [-0.2, 0) is 6.42 Å². The zero-order chi connectivity index (χ0) is 30.8. The van der Waals surface area contributed by atoms with Crippen LogP contribution in [-0.4, -0.2) is 11.3 Å². The van der Waals surface area contributed by atoms with Crippen LogP contribution < -0.4 is 16.8 Å². The van der Waals surface area contributed by atoms with Crippen molar-refractivity contribution in [2.75, 3.05) is 0 Å². The van der Waals surface area contributed by atoms with Gasteiger partial charge in [0.2, 0.25) is 0 Å². The molecule has 0 bridgehead atoms. The second-order valence-corrected chi connectivity index (χ2v) is 13.9. The predicted molar refractivity (Wildman–Crippen MR) is 197 cm³/mol. The average Bonchev–Trinajstić information content (AvgIpc) is 3.67. The first-order chi connectivity index (χ1) is 23.8. The number of benzene rings is 7. The predicted octanol–water partition coefficient (Wildman–Crippen LogP) is 9.08. The van der Waals surface area contributed by atoms with E-state index in [0.717, 1.165) is 34.4 Å². The molecule has 0 saturated carbocycles. The molecule has 0 spiro atoms. The second-order valence-electron chi connectivity index (χ2n) is 13.9. The molecule has 3 aromatic heterocycles. The van der Waals surface area contributed by atoms with Crippen molar-refractivity contribution in [1.82, 2.24) is 4.57 Å². The van der Waals surface area contributed by atoms with Crippen LogP contribution in [0.15, 0.2) is 136 Å². The fourth-order valence-corrected chi connectivity index (χ4v) is 10.0. The summed E-state index contributed by atoms with van der Waals surface area (Å²) in [5.41, 5.74) is 15.4. The van der Waals surface area contributed by atoms with Crippen molar-refractivity contribution in [3.63, 3.8) is 0 Å². The van der Waals surface area contributed by atoms with Crippen LogP contribution in [0.3, 0.4) is 0 Å². The lowest BCUT2D eigenvalue weighted by Crippen LogP contribution is -2.60. The number of fused-ring (bicyclic) bond motifs is 7. The number of furan rings is 2. The van der Waals surface area contributed by atoms with Crippen LogP contribution in [0.25, 0.3) is 82.1 Å². The van der Waals surface area contributed by atoms with Crippen LogP contribution >= 0.6 is 0 Å². The molecule has 1 aliphatic carbocycles. The standard InChI is InChI=1S/C44H24BNO2/c1-8-23-9-2-13-26-28-15-6-20-34-38(28)40-31(22-25(12-1)36(23)26)30-17-5-19-33-41(30)45(43(40)47-34)44-42-39-29(16-7-21-35(39)48-44)27-14-3-10-24-11-4-18-32(37(24)27)46(33)42/h1-21,31H,22H2. The molecular weight excluding hydrogens is 585 g/mol. The van der Waals surface area contributed by atoms with Crippen LogP contribution in [0, 0.1) is 0 Å². The Morgan fingerprint density at radius 1 is 0.562 bits per heavy atom. The van der Waals surface area contributed by atoms with Gasteiger partial charge in [0.15, 0.2) is 0 Å². The Labute approximate surface area is 274 Å². The van der Waals surface area contributed by atoms with Gasteiger partial charge in [-0.25, -0.2) is 0 Å². The molecule has 3 aliphatic rings. The number of rotatable bonds is 0. The highest BCUT2D eigenvalue weighted by Gasteiger charge is 2.48. The van der Waals surface area contributed by atoms with E-state index in [-0.39, 0.29) is 12.6 Å². The molecule has 0 N–H and O–H groups in total. The number of hydrogen-bond donors (Lipinski definition) is 0. The van der Waals surface area contributed by atoms with Gasteiger partial charge in [-0.2, -0.15) is 0 Å². The summed E-state index contributed by atoms with van der Waals surface area (Å²) in [6.07, 6.45) is 0.906. The highest BCUT2D eigenvalue weighted by molar-refractivity contribution is 6.97. The molecule has 4 heteroatoms. The van der Waals surface area contributed by atoms with Crippen molar-refractivity contribution in [3.8, 4) is 16.8 Å². The molecule has 1 atom stereocenters. The van der Waals surface area contributed by atoms with Crippen molar-refractivity contribution in [2.45, 2.75) is 12.3 Å². The van der Waals surface area contributed by atoms with Gasteiger partial charge in [0.25, 0.3) is 0 Å². The quantitative estimate of drug-likeness (QED) is 0.161. The average molecular weight is 609 g/mol. The minimum Gasteiger partial charge on any atom is -0.470 e. The van der Waals surface area contributed by atoms with Crippen molar-refractivity contribution in [3.05, 3.63) is 144 Å². The largest absolute Gasteiger partial charge is 0.470 e. The molecular formula is C44H24BNO2. The van der Waals surface area contributed by atoms with E-state index < -0.39 is 0 Å². The van der Waals surface area contributed by atoms with E-state index in [4.69, 9.17) is 8.83 Å². The molecule has 1 unspecified atom stereocenters. The van der Waals surface area contributed by atoms with E-state index in [1.807, 2.05) is 0 Å². The fraction of sp³-hybridized carbons (Fsp3) is 0.0455. The fourth-order valence-electron chi connectivity index (χ4n) is 10.0. The van der Waals surface area contributed by atoms with E-state index in [0.29, 0.717) is 0 Å². The molecule has 0 saturated heterocycles. The summed E-state index contributed by atoms with van der Waals surface area (Å²) in [5.74, 6) is 0.143. The summed E-state index contributed by atoms with van der Waals surface area (Å²) in [6.45, 7) is -0.153. The topological polar surface area (TPSA) is 31.2 Å². The minimum atomic E-state index is -0.153. The van der Waals surface area contributed by atoms with Crippen molar-refractivity contribution in [2.24, 2.45) is 0 Å². The zero-order valence-corrected chi connectivity index (χ0v) is 25.7. The molecule has 0 fully saturated rings. The van der Waals surface area contributed by atoms with E-state index in [1.54, 1.807) is 0 Å². The lowest BCUT2D eigenvalue weighted by atomic mass is 9.35. The monoisotopic (exact) mass is 609 g/mol. The normalized spacial score (nSPS) is 15.6. The Morgan fingerprint density at radius 2 is 1.21 bits per heavy atom. The van der Waals surface area contributed by atoms with Gasteiger partial charge in [0.1, 0.15) is 16.8 Å². The molecule has 5 heterocycles. The number of hydrogen-bond acceptors (Lipinski definition) is 2. The maximum Gasteiger partial charge on any atom is 0.337 e. The molecule has 0 amide bonds. The van der Waals surface area contributed by atoms with E-state index in [9.17, 15) is 0 Å². The van der Waals surface area contributed by atoms with Crippen molar-refractivity contribution < 1.29 is 8.83 Å². The minimum absolute atomic E-state index is 0.143. The van der Waals surface area contributed by atoms with Crippen LogP contribution in [0.5, 0.6) is 0 Å². The molecule has 10 aromatic rings. The summed E-state index contributed by atoms with van der Waals surface area (Å²) in [7, 11) is 0. The third kappa shape index (κ3) is 2.63. The summed E-state index contributed by atoms with van der Waals surface area (Å²) < 4.78 is 16.7. The zero-order valence-electron chi connectivity index (χ0n) is 25.7. The van der Waals surface area contributed by atoms with Gasteiger partial charge in [-0.3, -0.25) is 0 Å². The molecule has 220 valence electrons. The molecule has 2 aliphatic heterocycles. The first-order valence-corrected chi connectivity index (χ1v) is 16.9. The van der Waals surface area contributed by atoms with Gasteiger partial charge in [0.05, 0.1) is 22.1 Å². The Morgan fingerprint density at radius 3 is 2.08 bits per heavy atom.